The number of aliphatic hydroxyl groups excluding tert-OH is 1. The van der Waals surface area contributed by atoms with Crippen LogP contribution in [0.5, 0.6) is 0 Å². The van der Waals surface area contributed by atoms with E-state index in [0.717, 1.165) is 30.9 Å². The van der Waals surface area contributed by atoms with Crippen molar-refractivity contribution in [2.75, 3.05) is 6.61 Å². The number of aliphatic hydroxyl groups is 1. The Labute approximate surface area is 179 Å². The first-order valence-electron chi connectivity index (χ1n) is 10.7. The highest BCUT2D eigenvalue weighted by Gasteiger charge is 2.37. The van der Waals surface area contributed by atoms with Gasteiger partial charge < -0.3 is 5.11 Å². The van der Waals surface area contributed by atoms with E-state index < -0.39 is 23.5 Å². The van der Waals surface area contributed by atoms with E-state index in [1.165, 1.54) is 23.3 Å². The molecule has 7 heteroatoms. The maximum absolute atomic E-state index is 13.9. The average molecular weight is 433 g/mol. The molecule has 2 aromatic carbocycles. The largest absolute Gasteiger partial charge is 0.392 e. The summed E-state index contributed by atoms with van der Waals surface area (Å²) in [6.07, 6.45) is 4.31. The van der Waals surface area contributed by atoms with Gasteiger partial charge in [0.1, 0.15) is 17.5 Å². The Morgan fingerprint density at radius 2 is 1.71 bits per heavy atom. The molecular weight excluding hydrogens is 407 g/mol. The zero-order valence-electron chi connectivity index (χ0n) is 17.2. The molecule has 0 radical (unpaired) electrons. The van der Waals surface area contributed by atoms with Gasteiger partial charge in [0.2, 0.25) is 5.91 Å². The first kappa shape index (κ1) is 21.8. The topological polar surface area (TPSA) is 49.8 Å². The molecule has 1 amide bonds. The molecule has 4 nitrogen and oxygen atoms in total. The summed E-state index contributed by atoms with van der Waals surface area (Å²) in [7, 11) is 0. The van der Waals surface area contributed by atoms with Crippen molar-refractivity contribution in [1.29, 1.82) is 0 Å². The quantitative estimate of drug-likeness (QED) is 0.733. The van der Waals surface area contributed by atoms with Gasteiger partial charge in [-0.1, -0.05) is 12.1 Å². The Morgan fingerprint density at radius 3 is 2.35 bits per heavy atom. The molecular formula is C24H26F3NO3. The standard InChI is InChI=1S/C24H26F3NO3/c25-20-11-19(12-21(26)13-20)23-7-8-31-28(23)24(30)17-4-1-15(2-5-17)9-16-3-6-18(14-29)22(27)10-16/h3,6,10-13,15,17,23,29H,1-2,4-5,7-9,14H2/t15?,17?,23-/m0/s1. The Kier molecular flexibility index (Phi) is 6.62. The Balaban J connectivity index is 1.36. The minimum absolute atomic E-state index is 0.135. The molecule has 1 heterocycles. The van der Waals surface area contributed by atoms with Crippen molar-refractivity contribution in [2.45, 2.75) is 51.2 Å². The van der Waals surface area contributed by atoms with E-state index in [4.69, 9.17) is 9.94 Å². The number of halogens is 3. The number of nitrogens with zero attached hydrogens (tertiary/aromatic N) is 1. The lowest BCUT2D eigenvalue weighted by Crippen LogP contribution is -2.36. The van der Waals surface area contributed by atoms with E-state index in [9.17, 15) is 18.0 Å². The van der Waals surface area contributed by atoms with Crippen LogP contribution in [0.4, 0.5) is 13.2 Å². The lowest BCUT2D eigenvalue weighted by molar-refractivity contribution is -0.183. The lowest BCUT2D eigenvalue weighted by Gasteiger charge is -2.32. The summed E-state index contributed by atoms with van der Waals surface area (Å²) in [6, 6.07) is 7.76. The second kappa shape index (κ2) is 9.40. The molecule has 1 saturated carbocycles. The van der Waals surface area contributed by atoms with Crippen molar-refractivity contribution < 1.29 is 27.9 Å². The van der Waals surface area contributed by atoms with Gasteiger partial charge in [-0.3, -0.25) is 9.63 Å². The number of hydrogen-bond acceptors (Lipinski definition) is 3. The number of hydrogen-bond donors (Lipinski definition) is 1. The fourth-order valence-corrected chi connectivity index (χ4v) is 4.73. The Bertz CT molecular complexity index is 923. The molecule has 0 unspecified atom stereocenters. The minimum atomic E-state index is -0.668. The molecule has 1 aliphatic heterocycles. The van der Waals surface area contributed by atoms with Crippen molar-refractivity contribution >= 4 is 5.91 Å². The van der Waals surface area contributed by atoms with Gasteiger partial charge in [0.15, 0.2) is 0 Å². The van der Waals surface area contributed by atoms with Crippen LogP contribution in [0.25, 0.3) is 0 Å². The number of hydroxylamine groups is 2. The van der Waals surface area contributed by atoms with E-state index >= 15 is 0 Å². The van der Waals surface area contributed by atoms with Crippen LogP contribution < -0.4 is 0 Å². The molecule has 2 fully saturated rings. The molecule has 31 heavy (non-hydrogen) atoms. The minimum Gasteiger partial charge on any atom is -0.392 e. The third-order valence-corrected chi connectivity index (χ3v) is 6.40. The molecule has 4 rings (SSSR count). The van der Waals surface area contributed by atoms with E-state index in [1.54, 1.807) is 6.07 Å². The predicted octanol–water partition coefficient (Wildman–Crippen LogP) is 4.85. The van der Waals surface area contributed by atoms with Crippen molar-refractivity contribution in [3.8, 4) is 0 Å². The van der Waals surface area contributed by atoms with Crippen LogP contribution in [0.1, 0.15) is 54.8 Å². The van der Waals surface area contributed by atoms with E-state index in [2.05, 4.69) is 0 Å². The highest BCUT2D eigenvalue weighted by molar-refractivity contribution is 5.78. The van der Waals surface area contributed by atoms with Gasteiger partial charge in [-0.05, 0) is 67.3 Å². The van der Waals surface area contributed by atoms with Crippen molar-refractivity contribution in [3.05, 3.63) is 70.5 Å². The summed E-state index contributed by atoms with van der Waals surface area (Å²) >= 11 is 0. The zero-order chi connectivity index (χ0) is 22.0. The number of carbonyl (C=O) groups is 1. The molecule has 1 N–H and O–H groups in total. The second-order valence-corrected chi connectivity index (χ2v) is 8.51. The van der Waals surface area contributed by atoms with Crippen LogP contribution in [0.15, 0.2) is 36.4 Å². The summed E-state index contributed by atoms with van der Waals surface area (Å²) in [4.78, 5) is 18.6. The number of rotatable bonds is 5. The first-order chi connectivity index (χ1) is 14.9. The van der Waals surface area contributed by atoms with Crippen LogP contribution >= 0.6 is 0 Å². The molecule has 0 spiro atoms. The molecule has 0 aromatic heterocycles. The summed E-state index contributed by atoms with van der Waals surface area (Å²) in [5.74, 6) is -1.70. The SMILES string of the molecule is O=C(C1CCC(Cc2ccc(CO)c(F)c2)CC1)N1OCC[C@H]1c1cc(F)cc(F)c1. The van der Waals surface area contributed by atoms with Gasteiger partial charge in [0.05, 0.1) is 19.3 Å². The zero-order valence-corrected chi connectivity index (χ0v) is 17.2. The number of carbonyl (C=O) groups excluding carboxylic acids is 1. The van der Waals surface area contributed by atoms with Crippen molar-refractivity contribution in [3.63, 3.8) is 0 Å². The average Bonchev–Trinajstić information content (AvgIpc) is 3.23. The molecule has 2 aliphatic rings. The van der Waals surface area contributed by atoms with Crippen LogP contribution in [-0.4, -0.2) is 22.7 Å². The summed E-state index contributed by atoms with van der Waals surface area (Å²) in [5, 5.41) is 10.4. The smallest absolute Gasteiger partial charge is 0.249 e. The molecule has 1 atom stereocenters. The maximum Gasteiger partial charge on any atom is 0.249 e. The Hall–Kier alpha value is -2.38. The van der Waals surface area contributed by atoms with Crippen LogP contribution in [0.2, 0.25) is 0 Å². The Morgan fingerprint density at radius 1 is 1.00 bits per heavy atom. The van der Waals surface area contributed by atoms with Crippen LogP contribution in [-0.2, 0) is 22.7 Å². The lowest BCUT2D eigenvalue weighted by atomic mass is 9.78. The third-order valence-electron chi connectivity index (χ3n) is 6.40. The van der Waals surface area contributed by atoms with Crippen LogP contribution in [0, 0.1) is 29.3 Å². The molecule has 1 aliphatic carbocycles. The molecule has 1 saturated heterocycles. The normalized spacial score (nSPS) is 23.9. The summed E-state index contributed by atoms with van der Waals surface area (Å²) in [5.41, 5.74) is 1.59. The summed E-state index contributed by atoms with van der Waals surface area (Å²) < 4.78 is 41.2. The predicted molar refractivity (Wildman–Crippen MR) is 108 cm³/mol. The van der Waals surface area contributed by atoms with E-state index in [-0.39, 0.29) is 24.0 Å². The summed E-state index contributed by atoms with van der Waals surface area (Å²) in [6.45, 7) is 0.0143. The second-order valence-electron chi connectivity index (χ2n) is 8.51. The monoisotopic (exact) mass is 433 g/mol. The fourth-order valence-electron chi connectivity index (χ4n) is 4.73. The van der Waals surface area contributed by atoms with Gasteiger partial charge in [-0.25, -0.2) is 18.2 Å². The van der Waals surface area contributed by atoms with Crippen LogP contribution in [0.3, 0.4) is 0 Å². The number of benzene rings is 2. The maximum atomic E-state index is 13.9. The van der Waals surface area contributed by atoms with Gasteiger partial charge in [-0.15, -0.1) is 0 Å². The third kappa shape index (κ3) is 4.93. The van der Waals surface area contributed by atoms with Crippen molar-refractivity contribution in [1.82, 2.24) is 5.06 Å². The van der Waals surface area contributed by atoms with E-state index in [1.807, 2.05) is 6.07 Å². The first-order valence-corrected chi connectivity index (χ1v) is 10.7. The van der Waals surface area contributed by atoms with Gasteiger partial charge >= 0.3 is 0 Å². The van der Waals surface area contributed by atoms with Gasteiger partial charge in [-0.2, -0.15) is 0 Å². The number of amides is 1. The van der Waals surface area contributed by atoms with Crippen molar-refractivity contribution in [2.24, 2.45) is 11.8 Å². The molecule has 2 aromatic rings. The van der Waals surface area contributed by atoms with Gasteiger partial charge in [0.25, 0.3) is 0 Å². The fraction of sp³-hybridized carbons (Fsp3) is 0.458. The van der Waals surface area contributed by atoms with Gasteiger partial charge in [0, 0.05) is 24.0 Å². The molecule has 0 bridgehead atoms. The highest BCUT2D eigenvalue weighted by Crippen LogP contribution is 2.37. The van der Waals surface area contributed by atoms with E-state index in [0.29, 0.717) is 37.4 Å². The molecule has 166 valence electrons. The highest BCUT2D eigenvalue weighted by atomic mass is 19.1.